The van der Waals surface area contributed by atoms with Gasteiger partial charge in [0, 0.05) is 19.6 Å². The Bertz CT molecular complexity index is 512. The molecule has 0 spiro atoms. The maximum atomic E-state index is 11.5. The molecule has 0 bridgehead atoms. The number of furan rings is 1. The highest BCUT2D eigenvalue weighted by Gasteiger charge is 2.28. The van der Waals surface area contributed by atoms with Gasteiger partial charge in [-0.2, -0.15) is 0 Å². The third-order valence-electron chi connectivity index (χ3n) is 3.42. The smallest absolute Gasteiger partial charge is 0.341 e. The SMILES string of the molecule is COC(=O)c1cc(CN2CCNCC2C(N)=O)oc1C. The predicted octanol–water partition coefficient (Wildman–Crippen LogP) is -0.366. The molecule has 1 aromatic rings. The summed E-state index contributed by atoms with van der Waals surface area (Å²) in [6.45, 7) is 4.15. The van der Waals surface area contributed by atoms with Crippen LogP contribution in [-0.4, -0.2) is 49.6 Å². The van der Waals surface area contributed by atoms with Crippen molar-refractivity contribution in [2.75, 3.05) is 26.7 Å². The lowest BCUT2D eigenvalue weighted by atomic mass is 10.1. The number of nitrogens with two attached hydrogens (primary N) is 1. The summed E-state index contributed by atoms with van der Waals surface area (Å²) in [6, 6.07) is 1.29. The summed E-state index contributed by atoms with van der Waals surface area (Å²) in [5, 5.41) is 3.13. The number of carbonyl (C=O) groups is 2. The molecule has 3 N–H and O–H groups in total. The van der Waals surface area contributed by atoms with Crippen LogP contribution in [0.3, 0.4) is 0 Å². The number of hydrogen-bond acceptors (Lipinski definition) is 6. The quantitative estimate of drug-likeness (QED) is 0.731. The first-order valence-electron chi connectivity index (χ1n) is 6.44. The molecule has 7 heteroatoms. The summed E-state index contributed by atoms with van der Waals surface area (Å²) in [6.07, 6.45) is 0. The number of methoxy groups -OCH3 is 1. The lowest BCUT2D eigenvalue weighted by Gasteiger charge is -2.33. The van der Waals surface area contributed by atoms with Crippen LogP contribution in [0.1, 0.15) is 21.9 Å². The Morgan fingerprint density at radius 3 is 3.00 bits per heavy atom. The minimum atomic E-state index is -0.427. The van der Waals surface area contributed by atoms with Gasteiger partial charge in [-0.1, -0.05) is 0 Å². The van der Waals surface area contributed by atoms with Crippen molar-refractivity contribution in [1.29, 1.82) is 0 Å². The number of esters is 1. The van der Waals surface area contributed by atoms with Gasteiger partial charge >= 0.3 is 5.97 Å². The highest BCUT2D eigenvalue weighted by molar-refractivity contribution is 5.90. The number of carbonyl (C=O) groups excluding carboxylic acids is 2. The van der Waals surface area contributed by atoms with Gasteiger partial charge in [0.05, 0.1) is 13.7 Å². The maximum absolute atomic E-state index is 11.5. The molecule has 1 saturated heterocycles. The van der Waals surface area contributed by atoms with E-state index in [1.54, 1.807) is 13.0 Å². The van der Waals surface area contributed by atoms with Crippen molar-refractivity contribution >= 4 is 11.9 Å². The Kier molecular flexibility index (Phi) is 4.41. The van der Waals surface area contributed by atoms with E-state index >= 15 is 0 Å². The van der Waals surface area contributed by atoms with Crippen molar-refractivity contribution in [2.45, 2.75) is 19.5 Å². The summed E-state index contributed by atoms with van der Waals surface area (Å²) in [5.74, 6) is 0.339. The molecule has 0 radical (unpaired) electrons. The van der Waals surface area contributed by atoms with E-state index in [-0.39, 0.29) is 11.9 Å². The molecular weight excluding hydrogens is 262 g/mol. The number of ether oxygens (including phenoxy) is 1. The number of piperazine rings is 1. The van der Waals surface area contributed by atoms with Crippen LogP contribution in [0.4, 0.5) is 0 Å². The monoisotopic (exact) mass is 281 g/mol. The Morgan fingerprint density at radius 1 is 1.60 bits per heavy atom. The third kappa shape index (κ3) is 3.00. The van der Waals surface area contributed by atoms with Crippen LogP contribution in [0, 0.1) is 6.92 Å². The summed E-state index contributed by atoms with van der Waals surface area (Å²) in [7, 11) is 1.33. The second-order valence-electron chi connectivity index (χ2n) is 4.77. The molecule has 20 heavy (non-hydrogen) atoms. The van der Waals surface area contributed by atoms with Crippen LogP contribution in [0.25, 0.3) is 0 Å². The molecule has 7 nitrogen and oxygen atoms in total. The lowest BCUT2D eigenvalue weighted by Crippen LogP contribution is -2.56. The normalized spacial score (nSPS) is 19.8. The second kappa shape index (κ2) is 6.06. The molecule has 1 aromatic heterocycles. The zero-order valence-electron chi connectivity index (χ0n) is 11.6. The lowest BCUT2D eigenvalue weighted by molar-refractivity contribution is -0.124. The first-order chi connectivity index (χ1) is 9.52. The van der Waals surface area contributed by atoms with E-state index in [0.29, 0.717) is 36.7 Å². The van der Waals surface area contributed by atoms with Gasteiger partial charge in [0.15, 0.2) is 0 Å². The average molecular weight is 281 g/mol. The van der Waals surface area contributed by atoms with E-state index in [4.69, 9.17) is 10.2 Å². The van der Waals surface area contributed by atoms with Crippen molar-refractivity contribution in [2.24, 2.45) is 5.73 Å². The van der Waals surface area contributed by atoms with E-state index in [1.165, 1.54) is 7.11 Å². The standard InChI is InChI=1S/C13H19N3O4/c1-8-10(13(18)19-2)5-9(20-8)7-16-4-3-15-6-11(16)12(14)17/h5,11,15H,3-4,6-7H2,1-2H3,(H2,14,17). The molecule has 0 aliphatic carbocycles. The highest BCUT2D eigenvalue weighted by atomic mass is 16.5. The van der Waals surface area contributed by atoms with Crippen LogP contribution in [0.2, 0.25) is 0 Å². The van der Waals surface area contributed by atoms with Gasteiger partial charge in [0.2, 0.25) is 5.91 Å². The summed E-state index contributed by atoms with van der Waals surface area (Å²) in [5.41, 5.74) is 5.80. The fraction of sp³-hybridized carbons (Fsp3) is 0.538. The van der Waals surface area contributed by atoms with E-state index in [9.17, 15) is 9.59 Å². The largest absolute Gasteiger partial charge is 0.465 e. The molecular formula is C13H19N3O4. The zero-order chi connectivity index (χ0) is 14.7. The van der Waals surface area contributed by atoms with Crippen LogP contribution in [0.15, 0.2) is 10.5 Å². The van der Waals surface area contributed by atoms with Crippen molar-refractivity contribution in [3.8, 4) is 0 Å². The Hall–Kier alpha value is -1.86. The summed E-state index contributed by atoms with van der Waals surface area (Å²) >= 11 is 0. The number of amides is 1. The van der Waals surface area contributed by atoms with E-state index in [1.807, 2.05) is 4.90 Å². The van der Waals surface area contributed by atoms with Crippen molar-refractivity contribution < 1.29 is 18.7 Å². The molecule has 2 heterocycles. The van der Waals surface area contributed by atoms with Crippen LogP contribution < -0.4 is 11.1 Å². The fourth-order valence-electron chi connectivity index (χ4n) is 2.35. The number of hydrogen-bond donors (Lipinski definition) is 2. The van der Waals surface area contributed by atoms with Gasteiger partial charge in [-0.25, -0.2) is 4.79 Å². The van der Waals surface area contributed by atoms with E-state index < -0.39 is 5.97 Å². The van der Waals surface area contributed by atoms with Gasteiger partial charge in [0.1, 0.15) is 23.1 Å². The number of rotatable bonds is 4. The Balaban J connectivity index is 2.12. The van der Waals surface area contributed by atoms with Crippen LogP contribution >= 0.6 is 0 Å². The Labute approximate surface area is 117 Å². The molecule has 2 rings (SSSR count). The molecule has 1 unspecified atom stereocenters. The topological polar surface area (TPSA) is 97.8 Å². The number of primary amides is 1. The first-order valence-corrected chi connectivity index (χ1v) is 6.44. The third-order valence-corrected chi connectivity index (χ3v) is 3.42. The van der Waals surface area contributed by atoms with E-state index in [0.717, 1.165) is 6.54 Å². The summed E-state index contributed by atoms with van der Waals surface area (Å²) in [4.78, 5) is 24.9. The molecule has 1 amide bonds. The Morgan fingerprint density at radius 2 is 2.35 bits per heavy atom. The van der Waals surface area contributed by atoms with Crippen molar-refractivity contribution in [3.63, 3.8) is 0 Å². The zero-order valence-corrected chi connectivity index (χ0v) is 11.6. The minimum Gasteiger partial charge on any atom is -0.465 e. The van der Waals surface area contributed by atoms with Gasteiger partial charge in [0.25, 0.3) is 0 Å². The van der Waals surface area contributed by atoms with Crippen molar-refractivity contribution in [1.82, 2.24) is 10.2 Å². The molecule has 1 atom stereocenters. The second-order valence-corrected chi connectivity index (χ2v) is 4.77. The van der Waals surface area contributed by atoms with Crippen LogP contribution in [-0.2, 0) is 16.1 Å². The number of aryl methyl sites for hydroxylation is 1. The molecule has 110 valence electrons. The van der Waals surface area contributed by atoms with Gasteiger partial charge < -0.3 is 20.2 Å². The van der Waals surface area contributed by atoms with Gasteiger partial charge in [-0.3, -0.25) is 9.69 Å². The molecule has 0 aromatic carbocycles. The molecule has 0 saturated carbocycles. The first kappa shape index (κ1) is 14.5. The maximum Gasteiger partial charge on any atom is 0.341 e. The van der Waals surface area contributed by atoms with Gasteiger partial charge in [-0.05, 0) is 13.0 Å². The number of nitrogens with one attached hydrogen (secondary N) is 1. The van der Waals surface area contributed by atoms with Gasteiger partial charge in [-0.15, -0.1) is 0 Å². The fourth-order valence-corrected chi connectivity index (χ4v) is 2.35. The molecule has 1 aliphatic rings. The molecule has 1 fully saturated rings. The molecule has 1 aliphatic heterocycles. The minimum absolute atomic E-state index is 0.365. The summed E-state index contributed by atoms with van der Waals surface area (Å²) < 4.78 is 10.2. The predicted molar refractivity (Wildman–Crippen MR) is 71.0 cm³/mol. The van der Waals surface area contributed by atoms with E-state index in [2.05, 4.69) is 10.1 Å². The van der Waals surface area contributed by atoms with Crippen molar-refractivity contribution in [3.05, 3.63) is 23.2 Å². The average Bonchev–Trinajstić information content (AvgIpc) is 2.79. The highest BCUT2D eigenvalue weighted by Crippen LogP contribution is 2.18. The number of nitrogens with zero attached hydrogens (tertiary/aromatic N) is 1. The van der Waals surface area contributed by atoms with Crippen LogP contribution in [0.5, 0.6) is 0 Å².